The number of amides is 2. The van der Waals surface area contributed by atoms with Crippen LogP contribution in [0.1, 0.15) is 56.6 Å². The molecule has 2 saturated carbocycles. The summed E-state index contributed by atoms with van der Waals surface area (Å²) in [5.74, 6) is 0.755. The molecule has 1 aromatic rings. The molecule has 1 heterocycles. The largest absolute Gasteiger partial charge is 0.336 e. The van der Waals surface area contributed by atoms with Crippen molar-refractivity contribution < 1.29 is 4.79 Å². The van der Waals surface area contributed by atoms with Gasteiger partial charge in [0.05, 0.1) is 5.54 Å². The first kappa shape index (κ1) is 16.9. The Morgan fingerprint density at radius 1 is 1.20 bits per heavy atom. The SMILES string of the molecule is CNCc1ccccc1[C@]1(C)CC[C@]2(CC1)CNC(=O)N2CC1CC1. The van der Waals surface area contributed by atoms with E-state index in [0.717, 1.165) is 51.2 Å². The second-order valence-corrected chi connectivity index (χ2v) is 8.69. The fourth-order valence-electron chi connectivity index (χ4n) is 4.92. The molecule has 1 spiro atoms. The van der Waals surface area contributed by atoms with Crippen LogP contribution < -0.4 is 10.6 Å². The van der Waals surface area contributed by atoms with Crippen LogP contribution in [0.2, 0.25) is 0 Å². The molecule has 0 radical (unpaired) electrons. The van der Waals surface area contributed by atoms with Crippen molar-refractivity contribution in [3.05, 3.63) is 35.4 Å². The van der Waals surface area contributed by atoms with Gasteiger partial charge in [0.25, 0.3) is 0 Å². The molecule has 3 fully saturated rings. The zero-order chi connectivity index (χ0) is 17.5. The minimum atomic E-state index is 0.0666. The predicted octanol–water partition coefficient (Wildman–Crippen LogP) is 3.41. The van der Waals surface area contributed by atoms with Gasteiger partial charge in [-0.25, -0.2) is 4.79 Å². The fraction of sp³-hybridized carbons (Fsp3) is 0.667. The summed E-state index contributed by atoms with van der Waals surface area (Å²) in [5.41, 5.74) is 3.19. The maximum atomic E-state index is 12.4. The third-order valence-electron chi connectivity index (χ3n) is 6.84. The molecule has 0 aromatic heterocycles. The average molecular weight is 341 g/mol. The summed E-state index contributed by atoms with van der Waals surface area (Å²) in [6.45, 7) is 5.15. The fourth-order valence-corrected chi connectivity index (χ4v) is 4.92. The van der Waals surface area contributed by atoms with E-state index in [1.54, 1.807) is 0 Å². The number of carbonyl (C=O) groups is 1. The molecule has 3 aliphatic rings. The Balaban J connectivity index is 1.53. The third-order valence-corrected chi connectivity index (χ3v) is 6.84. The summed E-state index contributed by atoms with van der Waals surface area (Å²) >= 11 is 0. The third kappa shape index (κ3) is 3.05. The van der Waals surface area contributed by atoms with E-state index >= 15 is 0 Å². The standard InChI is InChI=1S/C21H31N3O/c1-20(18-6-4-3-5-17(18)13-22-2)9-11-21(12-10-20)15-23-19(25)24(21)14-16-7-8-16/h3-6,16,22H,7-15H2,1-2H3,(H,23,25)/t20-,21+. The minimum absolute atomic E-state index is 0.0666. The zero-order valence-corrected chi connectivity index (χ0v) is 15.6. The molecule has 2 N–H and O–H groups in total. The first-order valence-corrected chi connectivity index (χ1v) is 9.85. The number of nitrogens with zero attached hydrogens (tertiary/aromatic N) is 1. The van der Waals surface area contributed by atoms with E-state index in [0.29, 0.717) is 0 Å². The van der Waals surface area contributed by atoms with Crippen LogP contribution in [-0.4, -0.2) is 36.6 Å². The van der Waals surface area contributed by atoms with Crippen LogP contribution in [0.25, 0.3) is 0 Å². The number of urea groups is 1. The summed E-state index contributed by atoms with van der Waals surface area (Å²) in [6, 6.07) is 9.04. The van der Waals surface area contributed by atoms with E-state index in [9.17, 15) is 4.79 Å². The Hall–Kier alpha value is -1.55. The highest BCUT2D eigenvalue weighted by molar-refractivity contribution is 5.78. The van der Waals surface area contributed by atoms with Crippen molar-refractivity contribution in [2.45, 2.75) is 62.9 Å². The Kier molecular flexibility index (Phi) is 4.27. The van der Waals surface area contributed by atoms with Gasteiger partial charge in [-0.3, -0.25) is 0 Å². The van der Waals surface area contributed by atoms with Gasteiger partial charge in [0.1, 0.15) is 0 Å². The van der Waals surface area contributed by atoms with Crippen molar-refractivity contribution in [3.63, 3.8) is 0 Å². The lowest BCUT2D eigenvalue weighted by Gasteiger charge is -2.47. The predicted molar refractivity (Wildman–Crippen MR) is 101 cm³/mol. The van der Waals surface area contributed by atoms with Crippen LogP contribution in [0, 0.1) is 5.92 Å². The Labute approximate surface area is 151 Å². The monoisotopic (exact) mass is 341 g/mol. The van der Waals surface area contributed by atoms with Gasteiger partial charge in [-0.1, -0.05) is 31.2 Å². The molecule has 0 bridgehead atoms. The van der Waals surface area contributed by atoms with E-state index in [1.165, 1.54) is 24.0 Å². The second kappa shape index (κ2) is 6.31. The van der Waals surface area contributed by atoms with Gasteiger partial charge < -0.3 is 15.5 Å². The highest BCUT2D eigenvalue weighted by atomic mass is 16.2. The first-order valence-electron chi connectivity index (χ1n) is 9.85. The summed E-state index contributed by atoms with van der Waals surface area (Å²) in [7, 11) is 2.01. The van der Waals surface area contributed by atoms with Gasteiger partial charge in [-0.05, 0) is 68.0 Å². The zero-order valence-electron chi connectivity index (χ0n) is 15.6. The van der Waals surface area contributed by atoms with Gasteiger partial charge >= 0.3 is 6.03 Å². The van der Waals surface area contributed by atoms with Crippen molar-refractivity contribution in [3.8, 4) is 0 Å². The lowest BCUT2D eigenvalue weighted by atomic mass is 9.64. The second-order valence-electron chi connectivity index (χ2n) is 8.69. The molecule has 1 saturated heterocycles. The van der Waals surface area contributed by atoms with Crippen molar-refractivity contribution in [1.29, 1.82) is 0 Å². The molecule has 4 heteroatoms. The van der Waals surface area contributed by atoms with Crippen LogP contribution in [0.3, 0.4) is 0 Å². The number of nitrogens with one attached hydrogen (secondary N) is 2. The van der Waals surface area contributed by atoms with Crippen molar-refractivity contribution in [2.75, 3.05) is 20.1 Å². The van der Waals surface area contributed by atoms with E-state index in [1.807, 2.05) is 7.05 Å². The molecule has 0 unspecified atom stereocenters. The molecule has 1 aliphatic heterocycles. The lowest BCUT2D eigenvalue weighted by molar-refractivity contribution is 0.0891. The van der Waals surface area contributed by atoms with Gasteiger partial charge in [0, 0.05) is 19.6 Å². The maximum Gasteiger partial charge on any atom is 0.318 e. The molecular formula is C21H31N3O. The number of hydrogen-bond donors (Lipinski definition) is 2. The van der Waals surface area contributed by atoms with Crippen molar-refractivity contribution in [2.24, 2.45) is 5.92 Å². The highest BCUT2D eigenvalue weighted by Gasteiger charge is 2.51. The number of benzene rings is 1. The minimum Gasteiger partial charge on any atom is -0.336 e. The summed E-state index contributed by atoms with van der Waals surface area (Å²) < 4.78 is 0. The molecule has 4 nitrogen and oxygen atoms in total. The van der Waals surface area contributed by atoms with Crippen LogP contribution >= 0.6 is 0 Å². The molecule has 2 amide bonds. The Bertz CT molecular complexity index is 644. The van der Waals surface area contributed by atoms with E-state index in [2.05, 4.69) is 46.7 Å². The van der Waals surface area contributed by atoms with Gasteiger partial charge in [0.15, 0.2) is 0 Å². The molecular weight excluding hydrogens is 310 g/mol. The summed E-state index contributed by atoms with van der Waals surface area (Å²) in [5, 5.41) is 6.45. The first-order chi connectivity index (χ1) is 12.1. The Morgan fingerprint density at radius 2 is 1.92 bits per heavy atom. The van der Waals surface area contributed by atoms with Crippen molar-refractivity contribution in [1.82, 2.24) is 15.5 Å². The molecule has 136 valence electrons. The molecule has 4 rings (SSSR count). The Morgan fingerprint density at radius 3 is 2.60 bits per heavy atom. The van der Waals surface area contributed by atoms with Crippen molar-refractivity contribution >= 4 is 6.03 Å². The van der Waals surface area contributed by atoms with E-state index in [4.69, 9.17) is 0 Å². The normalized spacial score (nSPS) is 32.2. The number of hydrogen-bond acceptors (Lipinski definition) is 2. The quantitative estimate of drug-likeness (QED) is 0.862. The van der Waals surface area contributed by atoms with Crippen LogP contribution in [0.4, 0.5) is 4.79 Å². The van der Waals surface area contributed by atoms with Crippen LogP contribution in [0.5, 0.6) is 0 Å². The number of rotatable bonds is 5. The van der Waals surface area contributed by atoms with Crippen LogP contribution in [0.15, 0.2) is 24.3 Å². The molecule has 1 aromatic carbocycles. The van der Waals surface area contributed by atoms with E-state index in [-0.39, 0.29) is 17.0 Å². The number of carbonyl (C=O) groups excluding carboxylic acids is 1. The van der Waals surface area contributed by atoms with Gasteiger partial charge in [-0.2, -0.15) is 0 Å². The van der Waals surface area contributed by atoms with Gasteiger partial charge in [0.2, 0.25) is 0 Å². The summed E-state index contributed by atoms with van der Waals surface area (Å²) in [6.07, 6.45) is 7.14. The van der Waals surface area contributed by atoms with Crippen LogP contribution in [-0.2, 0) is 12.0 Å². The molecule has 25 heavy (non-hydrogen) atoms. The smallest absolute Gasteiger partial charge is 0.318 e. The van der Waals surface area contributed by atoms with E-state index < -0.39 is 0 Å². The summed E-state index contributed by atoms with van der Waals surface area (Å²) in [4.78, 5) is 14.6. The average Bonchev–Trinajstić information content (AvgIpc) is 3.39. The molecule has 0 atom stereocenters. The van der Waals surface area contributed by atoms with Gasteiger partial charge in [-0.15, -0.1) is 0 Å². The maximum absolute atomic E-state index is 12.4. The highest BCUT2D eigenvalue weighted by Crippen LogP contribution is 2.48. The molecule has 2 aliphatic carbocycles. The topological polar surface area (TPSA) is 44.4 Å². The lowest BCUT2D eigenvalue weighted by Crippen LogP contribution is -2.52.